The Labute approximate surface area is 121 Å². The standard InChI is InChI=1S/C9H18BrN5O3S/c1-9(16,6-14(2)3)5-11-19(17,18)8-7(10)12-13-15(8)4/h11,16H,5-6H2,1-4H3. The van der Waals surface area contributed by atoms with E-state index in [-0.39, 0.29) is 16.2 Å². The van der Waals surface area contributed by atoms with Crippen LogP contribution in [-0.2, 0) is 17.1 Å². The van der Waals surface area contributed by atoms with Gasteiger partial charge in [0.1, 0.15) is 0 Å². The topological polar surface area (TPSA) is 100 Å². The summed E-state index contributed by atoms with van der Waals surface area (Å²) >= 11 is 3.03. The number of hydrogen-bond acceptors (Lipinski definition) is 6. The molecule has 0 spiro atoms. The Morgan fingerprint density at radius 2 is 2.11 bits per heavy atom. The van der Waals surface area contributed by atoms with E-state index in [0.29, 0.717) is 6.54 Å². The Kier molecular flexibility index (Phi) is 5.07. The first-order chi connectivity index (χ1) is 8.55. The molecule has 1 aromatic rings. The molecule has 1 heterocycles. The summed E-state index contributed by atoms with van der Waals surface area (Å²) in [4.78, 5) is 1.77. The fourth-order valence-corrected chi connectivity index (χ4v) is 3.92. The normalized spacial score (nSPS) is 15.7. The number of nitrogens with one attached hydrogen (secondary N) is 1. The molecule has 19 heavy (non-hydrogen) atoms. The van der Waals surface area contributed by atoms with E-state index in [1.165, 1.54) is 7.05 Å². The van der Waals surface area contributed by atoms with Gasteiger partial charge in [-0.1, -0.05) is 5.21 Å². The fourth-order valence-electron chi connectivity index (χ4n) is 1.66. The fraction of sp³-hybridized carbons (Fsp3) is 0.778. The highest BCUT2D eigenvalue weighted by Gasteiger charge is 2.28. The lowest BCUT2D eigenvalue weighted by Gasteiger charge is -2.26. The van der Waals surface area contributed by atoms with Crippen molar-refractivity contribution in [3.8, 4) is 0 Å². The van der Waals surface area contributed by atoms with Crippen molar-refractivity contribution in [1.29, 1.82) is 0 Å². The largest absolute Gasteiger partial charge is 0.387 e. The molecule has 2 N–H and O–H groups in total. The zero-order valence-electron chi connectivity index (χ0n) is 11.3. The SMILES string of the molecule is CN(C)CC(C)(O)CNS(=O)(=O)c1c(Br)nnn1C. The highest BCUT2D eigenvalue weighted by Crippen LogP contribution is 2.18. The zero-order valence-corrected chi connectivity index (χ0v) is 13.7. The van der Waals surface area contributed by atoms with E-state index in [0.717, 1.165) is 4.68 Å². The quantitative estimate of drug-likeness (QED) is 0.690. The lowest BCUT2D eigenvalue weighted by molar-refractivity contribution is 0.0385. The van der Waals surface area contributed by atoms with Gasteiger partial charge in [0, 0.05) is 20.1 Å². The Hall–Kier alpha value is -0.550. The van der Waals surface area contributed by atoms with Crippen LogP contribution in [0.5, 0.6) is 0 Å². The summed E-state index contributed by atoms with van der Waals surface area (Å²) in [6.07, 6.45) is 0. The molecule has 1 atom stereocenters. The van der Waals surface area contributed by atoms with Crippen LogP contribution in [0.3, 0.4) is 0 Å². The first-order valence-electron chi connectivity index (χ1n) is 5.47. The van der Waals surface area contributed by atoms with Crippen LogP contribution < -0.4 is 4.72 Å². The lowest BCUT2D eigenvalue weighted by atomic mass is 10.1. The number of aryl methyl sites for hydroxylation is 1. The van der Waals surface area contributed by atoms with Gasteiger partial charge in [-0.2, -0.15) is 0 Å². The van der Waals surface area contributed by atoms with Crippen molar-refractivity contribution in [1.82, 2.24) is 24.6 Å². The van der Waals surface area contributed by atoms with Crippen molar-refractivity contribution >= 4 is 26.0 Å². The van der Waals surface area contributed by atoms with Gasteiger partial charge in [0.15, 0.2) is 4.60 Å². The molecular weight excluding hydrogens is 338 g/mol. The van der Waals surface area contributed by atoms with Gasteiger partial charge >= 0.3 is 0 Å². The van der Waals surface area contributed by atoms with E-state index in [2.05, 4.69) is 31.0 Å². The van der Waals surface area contributed by atoms with E-state index in [1.54, 1.807) is 25.9 Å². The van der Waals surface area contributed by atoms with Crippen LogP contribution in [0.25, 0.3) is 0 Å². The zero-order chi connectivity index (χ0) is 14.8. The summed E-state index contributed by atoms with van der Waals surface area (Å²) in [5, 5.41) is 17.2. The number of aromatic nitrogens is 3. The summed E-state index contributed by atoms with van der Waals surface area (Å²) in [6.45, 7) is 1.79. The van der Waals surface area contributed by atoms with Gasteiger partial charge in [-0.25, -0.2) is 17.8 Å². The van der Waals surface area contributed by atoms with Crippen molar-refractivity contribution in [3.05, 3.63) is 4.60 Å². The third-order valence-corrected chi connectivity index (χ3v) is 4.58. The molecular formula is C9H18BrN5O3S. The minimum absolute atomic E-state index is 0.0758. The van der Waals surface area contributed by atoms with Crippen molar-refractivity contribution < 1.29 is 13.5 Å². The maximum atomic E-state index is 12.1. The summed E-state index contributed by atoms with van der Waals surface area (Å²) in [5.74, 6) is 0. The molecule has 0 saturated carbocycles. The molecule has 0 aromatic carbocycles. The molecule has 1 unspecified atom stereocenters. The Bertz CT molecular complexity index is 521. The first-order valence-corrected chi connectivity index (χ1v) is 7.75. The molecule has 0 radical (unpaired) electrons. The summed E-state index contributed by atoms with van der Waals surface area (Å²) in [6, 6.07) is 0. The van der Waals surface area contributed by atoms with Crippen LogP contribution in [-0.4, -0.2) is 66.2 Å². The number of hydrogen-bond donors (Lipinski definition) is 2. The smallest absolute Gasteiger partial charge is 0.260 e. The summed E-state index contributed by atoms with van der Waals surface area (Å²) in [7, 11) is 1.28. The van der Waals surface area contributed by atoms with Crippen molar-refractivity contribution in [2.24, 2.45) is 7.05 Å². The van der Waals surface area contributed by atoms with E-state index in [1.807, 2.05) is 0 Å². The minimum Gasteiger partial charge on any atom is -0.387 e. The maximum absolute atomic E-state index is 12.1. The number of aliphatic hydroxyl groups is 1. The average molecular weight is 356 g/mol. The van der Waals surface area contributed by atoms with Gasteiger partial charge in [0.2, 0.25) is 5.03 Å². The molecule has 110 valence electrons. The third kappa shape index (κ3) is 4.49. The molecule has 0 amide bonds. The van der Waals surface area contributed by atoms with E-state index >= 15 is 0 Å². The second-order valence-corrected chi connectivity index (χ2v) is 7.30. The van der Waals surface area contributed by atoms with Gasteiger partial charge < -0.3 is 10.0 Å². The molecule has 1 aromatic heterocycles. The first kappa shape index (κ1) is 16.5. The Balaban J connectivity index is 2.83. The Morgan fingerprint density at radius 1 is 1.53 bits per heavy atom. The molecule has 0 bridgehead atoms. The number of halogens is 1. The van der Waals surface area contributed by atoms with Gasteiger partial charge in [0.25, 0.3) is 10.0 Å². The van der Waals surface area contributed by atoms with Crippen LogP contribution in [0.15, 0.2) is 9.63 Å². The molecule has 0 aliphatic carbocycles. The van der Waals surface area contributed by atoms with Crippen LogP contribution >= 0.6 is 15.9 Å². The highest BCUT2D eigenvalue weighted by atomic mass is 79.9. The summed E-state index contributed by atoms with van der Waals surface area (Å²) in [5.41, 5.74) is -1.17. The monoisotopic (exact) mass is 355 g/mol. The van der Waals surface area contributed by atoms with E-state index in [4.69, 9.17) is 0 Å². The van der Waals surface area contributed by atoms with Crippen LogP contribution in [0, 0.1) is 0 Å². The molecule has 1 rings (SSSR count). The molecule has 0 fully saturated rings. The van der Waals surface area contributed by atoms with Crippen LogP contribution in [0.4, 0.5) is 0 Å². The lowest BCUT2D eigenvalue weighted by Crippen LogP contribution is -2.47. The van der Waals surface area contributed by atoms with Crippen molar-refractivity contribution in [2.45, 2.75) is 17.6 Å². The predicted octanol–water partition coefficient (Wildman–Crippen LogP) is -0.831. The number of likely N-dealkylation sites (N-methyl/N-ethyl adjacent to an activating group) is 1. The maximum Gasteiger partial charge on any atom is 0.260 e. The van der Waals surface area contributed by atoms with Gasteiger partial charge in [-0.3, -0.25) is 0 Å². The van der Waals surface area contributed by atoms with E-state index in [9.17, 15) is 13.5 Å². The van der Waals surface area contributed by atoms with Crippen LogP contribution in [0.2, 0.25) is 0 Å². The Morgan fingerprint density at radius 3 is 2.53 bits per heavy atom. The van der Waals surface area contributed by atoms with Crippen molar-refractivity contribution in [2.75, 3.05) is 27.2 Å². The number of nitrogens with zero attached hydrogens (tertiary/aromatic N) is 4. The van der Waals surface area contributed by atoms with Gasteiger partial charge in [-0.05, 0) is 36.9 Å². The predicted molar refractivity (Wildman–Crippen MR) is 73.1 cm³/mol. The molecule has 0 aliphatic rings. The van der Waals surface area contributed by atoms with Crippen LogP contribution in [0.1, 0.15) is 6.92 Å². The van der Waals surface area contributed by atoms with Gasteiger partial charge in [-0.15, -0.1) is 5.10 Å². The minimum atomic E-state index is -3.78. The summed E-state index contributed by atoms with van der Waals surface area (Å²) < 4.78 is 27.8. The second-order valence-electron chi connectivity index (χ2n) is 4.87. The molecule has 10 heteroatoms. The third-order valence-electron chi connectivity index (χ3n) is 2.29. The molecule has 0 aliphatic heterocycles. The molecule has 8 nitrogen and oxygen atoms in total. The van der Waals surface area contributed by atoms with Crippen molar-refractivity contribution in [3.63, 3.8) is 0 Å². The number of rotatable bonds is 6. The van der Waals surface area contributed by atoms with E-state index < -0.39 is 15.6 Å². The second kappa shape index (κ2) is 5.83. The number of sulfonamides is 1. The molecule has 0 saturated heterocycles. The van der Waals surface area contributed by atoms with Gasteiger partial charge in [0.05, 0.1) is 5.60 Å². The average Bonchev–Trinajstić information content (AvgIpc) is 2.55. The highest BCUT2D eigenvalue weighted by molar-refractivity contribution is 9.10.